The minimum absolute atomic E-state index is 0.0245. The van der Waals surface area contributed by atoms with Crippen molar-refractivity contribution in [3.05, 3.63) is 57.3 Å². The number of carbonyl (C=O) groups is 1. The van der Waals surface area contributed by atoms with E-state index in [0.29, 0.717) is 17.1 Å². The molecule has 35 heavy (non-hydrogen) atoms. The Bertz CT molecular complexity index is 1340. The number of non-ortho nitro benzene ring substituents is 1. The van der Waals surface area contributed by atoms with Crippen LogP contribution < -0.4 is 19.8 Å². The highest BCUT2D eigenvalue weighted by atomic mass is 16.6. The monoisotopic (exact) mass is 480 g/mol. The van der Waals surface area contributed by atoms with Crippen LogP contribution in [0.1, 0.15) is 54.8 Å². The summed E-state index contributed by atoms with van der Waals surface area (Å²) in [6.45, 7) is 6.63. The van der Waals surface area contributed by atoms with E-state index in [9.17, 15) is 14.9 Å². The maximum atomic E-state index is 12.6. The molecule has 0 saturated heterocycles. The Labute approximate surface area is 202 Å². The van der Waals surface area contributed by atoms with Gasteiger partial charge in [-0.3, -0.25) is 14.9 Å². The van der Waals surface area contributed by atoms with Crippen molar-refractivity contribution < 1.29 is 23.6 Å². The normalized spacial score (nSPS) is 16.9. The molecular formula is C25H28N4O6. The van der Waals surface area contributed by atoms with Crippen LogP contribution in [0.2, 0.25) is 0 Å². The minimum Gasteiger partial charge on any atom is -0.496 e. The molecule has 184 valence electrons. The molecule has 0 bridgehead atoms. The molecule has 0 aliphatic carbocycles. The highest BCUT2D eigenvalue weighted by Gasteiger charge is 2.34. The summed E-state index contributed by atoms with van der Waals surface area (Å²) in [6.07, 6.45) is 2.53. The number of benzene rings is 2. The number of methoxy groups -OCH3 is 2. The number of carbonyl (C=O) groups excluding carboxylic acids is 1. The molecule has 0 saturated carbocycles. The number of anilines is 1. The van der Waals surface area contributed by atoms with Gasteiger partial charge in [0.25, 0.3) is 5.69 Å². The van der Waals surface area contributed by atoms with Crippen LogP contribution in [0.15, 0.2) is 39.9 Å². The third kappa shape index (κ3) is 4.39. The highest BCUT2D eigenvalue weighted by Crippen LogP contribution is 2.44. The number of hydrogen-bond acceptors (Lipinski definition) is 8. The molecular weight excluding hydrogens is 452 g/mol. The van der Waals surface area contributed by atoms with Gasteiger partial charge in [-0.15, -0.1) is 0 Å². The average molecular weight is 481 g/mol. The Balaban J connectivity index is 1.59. The number of hydrazone groups is 1. The van der Waals surface area contributed by atoms with E-state index in [1.54, 1.807) is 7.11 Å². The maximum absolute atomic E-state index is 12.6. The van der Waals surface area contributed by atoms with Gasteiger partial charge in [0, 0.05) is 41.4 Å². The fourth-order valence-electron chi connectivity index (χ4n) is 4.58. The molecule has 0 fully saturated rings. The lowest BCUT2D eigenvalue weighted by atomic mass is 9.80. The molecule has 0 spiro atoms. The Morgan fingerprint density at radius 3 is 2.60 bits per heavy atom. The second kappa shape index (κ2) is 8.94. The van der Waals surface area contributed by atoms with Crippen molar-refractivity contribution >= 4 is 34.5 Å². The maximum Gasteiger partial charge on any atom is 0.307 e. The second-order valence-corrected chi connectivity index (χ2v) is 9.26. The van der Waals surface area contributed by atoms with E-state index in [0.717, 1.165) is 17.7 Å². The fraction of sp³-hybridized carbons (Fsp3) is 0.360. The number of nitrogens with one attached hydrogen (secondary N) is 1. The number of hydrogen-bond donors (Lipinski definition) is 1. The van der Waals surface area contributed by atoms with Gasteiger partial charge in [0.2, 0.25) is 0 Å². The average Bonchev–Trinajstić information content (AvgIpc) is 3.26. The van der Waals surface area contributed by atoms with Crippen molar-refractivity contribution in [3.63, 3.8) is 0 Å². The summed E-state index contributed by atoms with van der Waals surface area (Å²) < 4.78 is 16.3. The zero-order valence-corrected chi connectivity index (χ0v) is 20.5. The van der Waals surface area contributed by atoms with Gasteiger partial charge in [-0.05, 0) is 43.9 Å². The summed E-state index contributed by atoms with van der Waals surface area (Å²) in [6, 6.07) is 8.00. The molecule has 1 aliphatic heterocycles. The predicted molar refractivity (Wildman–Crippen MR) is 133 cm³/mol. The van der Waals surface area contributed by atoms with Crippen LogP contribution in [0.5, 0.6) is 11.5 Å². The number of furan rings is 1. The van der Waals surface area contributed by atoms with E-state index < -0.39 is 10.8 Å². The van der Waals surface area contributed by atoms with Crippen LogP contribution >= 0.6 is 0 Å². The van der Waals surface area contributed by atoms with Crippen LogP contribution in [0, 0.1) is 10.1 Å². The number of nitro groups is 1. The lowest BCUT2D eigenvalue weighted by Gasteiger charge is -2.45. The van der Waals surface area contributed by atoms with Crippen molar-refractivity contribution in [1.29, 1.82) is 0 Å². The van der Waals surface area contributed by atoms with Gasteiger partial charge in [-0.25, -0.2) is 5.43 Å². The van der Waals surface area contributed by atoms with E-state index in [2.05, 4.69) is 43.2 Å². The number of ether oxygens (including phenoxy) is 2. The predicted octanol–water partition coefficient (Wildman–Crippen LogP) is 4.84. The molecule has 1 aliphatic rings. The Morgan fingerprint density at radius 1 is 1.23 bits per heavy atom. The van der Waals surface area contributed by atoms with Gasteiger partial charge in [0.1, 0.15) is 5.75 Å². The zero-order chi connectivity index (χ0) is 25.5. The number of rotatable bonds is 6. The van der Waals surface area contributed by atoms with Gasteiger partial charge in [0.15, 0.2) is 17.1 Å². The van der Waals surface area contributed by atoms with Gasteiger partial charge in [-0.1, -0.05) is 6.92 Å². The first kappa shape index (κ1) is 24.1. The zero-order valence-electron chi connectivity index (χ0n) is 20.5. The Kier molecular flexibility index (Phi) is 6.14. The first-order chi connectivity index (χ1) is 16.6. The van der Waals surface area contributed by atoms with E-state index in [1.807, 2.05) is 12.1 Å². The van der Waals surface area contributed by atoms with Gasteiger partial charge < -0.3 is 18.8 Å². The molecule has 10 nitrogen and oxygen atoms in total. The molecule has 2 heterocycles. The standard InChI is InChI=1S/C25H28N4O6/c1-14-12-25(2,3)28(4)19-11-20(33-5)16(8-18(14)19)13-26-27-24(30)22-9-15-7-17(29(31)32)10-21(34-6)23(15)35-22/h7-11,13-14H,12H2,1-6H3,(H,27,30)/b26-13-. The first-order valence-electron chi connectivity index (χ1n) is 11.1. The van der Waals surface area contributed by atoms with E-state index >= 15 is 0 Å². The van der Waals surface area contributed by atoms with Gasteiger partial charge >= 0.3 is 5.91 Å². The molecule has 1 unspecified atom stereocenters. The van der Waals surface area contributed by atoms with Gasteiger partial charge in [-0.2, -0.15) is 5.10 Å². The van der Waals surface area contributed by atoms with Crippen LogP contribution in [0.3, 0.4) is 0 Å². The lowest BCUT2D eigenvalue weighted by molar-refractivity contribution is -0.384. The SMILES string of the molecule is COc1cc2c(cc1/C=N\NC(=O)c1cc3cc([N+](=O)[O-])cc(OC)c3o1)C(C)CC(C)(C)N2C. The van der Waals surface area contributed by atoms with E-state index in [1.165, 1.54) is 37.1 Å². The second-order valence-electron chi connectivity index (χ2n) is 9.26. The molecule has 4 rings (SSSR count). The molecule has 2 aromatic carbocycles. The van der Waals surface area contributed by atoms with Crippen LogP contribution in [0.25, 0.3) is 11.0 Å². The number of nitrogens with zero attached hydrogens (tertiary/aromatic N) is 3. The quantitative estimate of drug-likeness (QED) is 0.304. The molecule has 1 N–H and O–H groups in total. The summed E-state index contributed by atoms with van der Waals surface area (Å²) in [7, 11) is 5.04. The van der Waals surface area contributed by atoms with Crippen LogP contribution in [-0.2, 0) is 0 Å². The van der Waals surface area contributed by atoms with E-state index in [4.69, 9.17) is 13.9 Å². The summed E-state index contributed by atoms with van der Waals surface area (Å²) in [5.74, 6) is 0.496. The van der Waals surface area contributed by atoms with Crippen LogP contribution in [0.4, 0.5) is 11.4 Å². The first-order valence-corrected chi connectivity index (χ1v) is 11.1. The van der Waals surface area contributed by atoms with Crippen LogP contribution in [-0.4, -0.2) is 43.9 Å². The van der Waals surface area contributed by atoms with Crippen molar-refractivity contribution in [2.75, 3.05) is 26.2 Å². The smallest absolute Gasteiger partial charge is 0.307 e. The third-order valence-electron chi connectivity index (χ3n) is 6.58. The third-order valence-corrected chi connectivity index (χ3v) is 6.58. The van der Waals surface area contributed by atoms with Crippen molar-refractivity contribution in [2.24, 2.45) is 5.10 Å². The van der Waals surface area contributed by atoms with Gasteiger partial charge in [0.05, 0.1) is 31.4 Å². The molecule has 1 atom stereocenters. The number of fused-ring (bicyclic) bond motifs is 2. The van der Waals surface area contributed by atoms with E-state index in [-0.39, 0.29) is 28.3 Å². The minimum atomic E-state index is -0.603. The summed E-state index contributed by atoms with van der Waals surface area (Å²) in [5.41, 5.74) is 5.57. The Morgan fingerprint density at radius 2 is 1.94 bits per heavy atom. The largest absolute Gasteiger partial charge is 0.496 e. The fourth-order valence-corrected chi connectivity index (χ4v) is 4.58. The summed E-state index contributed by atoms with van der Waals surface area (Å²) >= 11 is 0. The molecule has 10 heteroatoms. The summed E-state index contributed by atoms with van der Waals surface area (Å²) in [4.78, 5) is 25.5. The number of nitro benzene ring substituents is 1. The Hall–Kier alpha value is -4.08. The molecule has 1 amide bonds. The number of amides is 1. The topological polar surface area (TPSA) is 119 Å². The lowest BCUT2D eigenvalue weighted by Crippen LogP contribution is -2.45. The molecule has 0 radical (unpaired) electrons. The van der Waals surface area contributed by atoms with Crippen molar-refractivity contribution in [3.8, 4) is 11.5 Å². The summed E-state index contributed by atoms with van der Waals surface area (Å²) in [5, 5.41) is 15.6. The van der Waals surface area contributed by atoms with Crippen molar-refractivity contribution in [2.45, 2.75) is 38.6 Å². The molecule has 3 aromatic rings. The molecule has 1 aromatic heterocycles. The highest BCUT2D eigenvalue weighted by molar-refractivity contribution is 5.98. The van der Waals surface area contributed by atoms with Crippen molar-refractivity contribution in [1.82, 2.24) is 5.43 Å².